The van der Waals surface area contributed by atoms with Crippen molar-refractivity contribution in [2.45, 2.75) is 25.2 Å². The number of anilines is 3. The van der Waals surface area contributed by atoms with Crippen molar-refractivity contribution < 1.29 is 4.79 Å². The molecule has 1 aliphatic heterocycles. The molecule has 8 nitrogen and oxygen atoms in total. The predicted molar refractivity (Wildman–Crippen MR) is 136 cm³/mol. The Labute approximate surface area is 205 Å². The van der Waals surface area contributed by atoms with Crippen LogP contribution in [-0.2, 0) is 4.79 Å². The van der Waals surface area contributed by atoms with Crippen molar-refractivity contribution in [1.82, 2.24) is 14.9 Å². The van der Waals surface area contributed by atoms with Crippen molar-refractivity contribution in [3.63, 3.8) is 0 Å². The van der Waals surface area contributed by atoms with Crippen LogP contribution in [0.25, 0.3) is 11.3 Å². The highest BCUT2D eigenvalue weighted by atomic mass is 16.1. The summed E-state index contributed by atoms with van der Waals surface area (Å²) >= 11 is 0. The van der Waals surface area contributed by atoms with E-state index in [1.165, 1.54) is 18.4 Å². The highest BCUT2D eigenvalue weighted by molar-refractivity contribution is 5.76. The van der Waals surface area contributed by atoms with Crippen LogP contribution in [0.1, 0.15) is 36.3 Å². The molecule has 5 rings (SSSR count). The Kier molecular flexibility index (Phi) is 6.59. The molecular formula is C27H29N7O. The molecule has 0 radical (unpaired) electrons. The SMILES string of the molecule is N#Cc1ccnc(Nc2cc(C3CC3)cc(-c3cccc(N4CCCN(CC(N)=O)CC4)c3)n2)c1. The lowest BCUT2D eigenvalue weighted by Gasteiger charge is -2.24. The summed E-state index contributed by atoms with van der Waals surface area (Å²) in [4.78, 5) is 25.1. The summed E-state index contributed by atoms with van der Waals surface area (Å²) in [6, 6.07) is 18.4. The first-order valence-electron chi connectivity index (χ1n) is 12.1. The van der Waals surface area contributed by atoms with E-state index in [1.54, 1.807) is 18.3 Å². The maximum Gasteiger partial charge on any atom is 0.231 e. The molecule has 0 bridgehead atoms. The molecule has 3 N–H and O–H groups in total. The Morgan fingerprint density at radius 1 is 1.09 bits per heavy atom. The van der Waals surface area contributed by atoms with Crippen LogP contribution < -0.4 is 16.0 Å². The van der Waals surface area contributed by atoms with Crippen LogP contribution in [0.15, 0.2) is 54.7 Å². The fourth-order valence-corrected chi connectivity index (χ4v) is 4.59. The molecule has 2 aliphatic rings. The number of hydrogen-bond donors (Lipinski definition) is 2. The van der Waals surface area contributed by atoms with Crippen molar-refractivity contribution in [2.24, 2.45) is 5.73 Å². The largest absolute Gasteiger partial charge is 0.370 e. The van der Waals surface area contributed by atoms with Gasteiger partial charge in [0.1, 0.15) is 11.6 Å². The summed E-state index contributed by atoms with van der Waals surface area (Å²) in [6.07, 6.45) is 5.00. The second-order valence-electron chi connectivity index (χ2n) is 9.25. The Morgan fingerprint density at radius 3 is 2.77 bits per heavy atom. The number of nitrogens with zero attached hydrogens (tertiary/aromatic N) is 5. The highest BCUT2D eigenvalue weighted by Crippen LogP contribution is 2.42. The standard InChI is InChI=1S/C27H29N7O/c28-17-19-7-8-30-26(13-19)32-27-16-22(20-5-6-20)15-24(31-27)21-3-1-4-23(14-21)34-10-2-9-33(11-12-34)18-25(29)35/h1,3-4,7-8,13-16,20H,2,5-6,9-12,18H2,(H2,29,35)(H,30,31,32). The number of amides is 1. The van der Waals surface area contributed by atoms with Gasteiger partial charge in [0.15, 0.2) is 0 Å². The molecule has 1 saturated heterocycles. The molecule has 3 aromatic rings. The Morgan fingerprint density at radius 2 is 1.97 bits per heavy atom. The maximum absolute atomic E-state index is 11.3. The number of nitrogens with two attached hydrogens (primary N) is 1. The summed E-state index contributed by atoms with van der Waals surface area (Å²) in [6.45, 7) is 3.78. The molecule has 8 heteroatoms. The number of nitriles is 1. The van der Waals surface area contributed by atoms with E-state index in [1.807, 2.05) is 0 Å². The van der Waals surface area contributed by atoms with E-state index < -0.39 is 0 Å². The number of rotatable bonds is 7. The summed E-state index contributed by atoms with van der Waals surface area (Å²) < 4.78 is 0. The van der Waals surface area contributed by atoms with E-state index in [0.29, 0.717) is 23.8 Å². The first-order chi connectivity index (χ1) is 17.1. The summed E-state index contributed by atoms with van der Waals surface area (Å²) in [5, 5.41) is 12.5. The molecule has 0 atom stereocenters. The van der Waals surface area contributed by atoms with Gasteiger partial charge in [-0.05, 0) is 67.1 Å². The number of nitrogens with one attached hydrogen (secondary N) is 1. The molecule has 0 unspecified atom stereocenters. The van der Waals surface area contributed by atoms with Crippen LogP contribution in [0.2, 0.25) is 0 Å². The fourth-order valence-electron chi connectivity index (χ4n) is 4.59. The van der Waals surface area contributed by atoms with Crippen molar-refractivity contribution in [2.75, 3.05) is 42.9 Å². The molecular weight excluding hydrogens is 438 g/mol. The van der Waals surface area contributed by atoms with Gasteiger partial charge in [0.05, 0.1) is 23.9 Å². The number of pyridine rings is 2. The van der Waals surface area contributed by atoms with Gasteiger partial charge in [-0.2, -0.15) is 5.26 Å². The molecule has 1 aliphatic carbocycles. The minimum absolute atomic E-state index is 0.277. The molecule has 3 heterocycles. The molecule has 178 valence electrons. The fraction of sp³-hybridized carbons (Fsp3) is 0.333. The van der Waals surface area contributed by atoms with Crippen LogP contribution >= 0.6 is 0 Å². The van der Waals surface area contributed by atoms with Gasteiger partial charge in [-0.1, -0.05) is 12.1 Å². The molecule has 2 fully saturated rings. The van der Waals surface area contributed by atoms with E-state index in [4.69, 9.17) is 10.7 Å². The summed E-state index contributed by atoms with van der Waals surface area (Å²) in [5.41, 5.74) is 10.4. The van der Waals surface area contributed by atoms with E-state index in [2.05, 4.69) is 62.6 Å². The molecule has 2 aromatic heterocycles. The van der Waals surface area contributed by atoms with Crippen LogP contribution in [-0.4, -0.2) is 53.5 Å². The number of hydrogen-bond acceptors (Lipinski definition) is 7. The third-order valence-electron chi connectivity index (χ3n) is 6.52. The van der Waals surface area contributed by atoms with Crippen molar-refractivity contribution in [3.05, 3.63) is 65.9 Å². The third kappa shape index (κ3) is 5.76. The summed E-state index contributed by atoms with van der Waals surface area (Å²) in [7, 11) is 0. The average Bonchev–Trinajstić information content (AvgIpc) is 3.72. The van der Waals surface area contributed by atoms with Crippen LogP contribution in [0.4, 0.5) is 17.3 Å². The monoisotopic (exact) mass is 467 g/mol. The number of benzene rings is 1. The van der Waals surface area contributed by atoms with Crippen LogP contribution in [0.3, 0.4) is 0 Å². The van der Waals surface area contributed by atoms with Gasteiger partial charge in [-0.3, -0.25) is 9.69 Å². The quantitative estimate of drug-likeness (QED) is 0.546. The Hall–Kier alpha value is -3.96. The smallest absolute Gasteiger partial charge is 0.231 e. The minimum Gasteiger partial charge on any atom is -0.370 e. The lowest BCUT2D eigenvalue weighted by molar-refractivity contribution is -0.119. The molecule has 35 heavy (non-hydrogen) atoms. The number of carbonyl (C=O) groups excluding carboxylic acids is 1. The van der Waals surface area contributed by atoms with Gasteiger partial charge < -0.3 is 16.0 Å². The normalized spacial score (nSPS) is 16.4. The lowest BCUT2D eigenvalue weighted by Crippen LogP contribution is -2.36. The number of primary amides is 1. The molecule has 1 amide bonds. The zero-order valence-electron chi connectivity index (χ0n) is 19.7. The molecule has 0 spiro atoms. The molecule has 1 saturated carbocycles. The Bertz CT molecular complexity index is 1260. The average molecular weight is 468 g/mol. The minimum atomic E-state index is -0.277. The second-order valence-corrected chi connectivity index (χ2v) is 9.25. The van der Waals surface area contributed by atoms with E-state index in [9.17, 15) is 10.1 Å². The third-order valence-corrected chi connectivity index (χ3v) is 6.52. The zero-order chi connectivity index (χ0) is 24.2. The van der Waals surface area contributed by atoms with Gasteiger partial charge in [0, 0.05) is 43.6 Å². The van der Waals surface area contributed by atoms with Crippen molar-refractivity contribution >= 4 is 23.2 Å². The predicted octanol–water partition coefficient (Wildman–Crippen LogP) is 3.63. The van der Waals surface area contributed by atoms with E-state index >= 15 is 0 Å². The first kappa shape index (κ1) is 22.8. The first-order valence-corrected chi connectivity index (χ1v) is 12.1. The lowest BCUT2D eigenvalue weighted by atomic mass is 10.1. The Balaban J connectivity index is 1.40. The van der Waals surface area contributed by atoms with E-state index in [0.717, 1.165) is 55.4 Å². The zero-order valence-corrected chi connectivity index (χ0v) is 19.7. The van der Waals surface area contributed by atoms with Gasteiger partial charge in [-0.25, -0.2) is 9.97 Å². The van der Waals surface area contributed by atoms with Crippen LogP contribution in [0, 0.1) is 11.3 Å². The van der Waals surface area contributed by atoms with Crippen molar-refractivity contribution in [3.8, 4) is 17.3 Å². The number of carbonyl (C=O) groups is 1. The van der Waals surface area contributed by atoms with Gasteiger partial charge in [-0.15, -0.1) is 0 Å². The topological polar surface area (TPSA) is 111 Å². The molecule has 1 aromatic carbocycles. The van der Waals surface area contributed by atoms with E-state index in [-0.39, 0.29) is 5.91 Å². The number of aromatic nitrogens is 2. The van der Waals surface area contributed by atoms with Gasteiger partial charge in [0.25, 0.3) is 0 Å². The van der Waals surface area contributed by atoms with Gasteiger partial charge in [0.2, 0.25) is 5.91 Å². The second kappa shape index (κ2) is 10.1. The van der Waals surface area contributed by atoms with Crippen molar-refractivity contribution in [1.29, 1.82) is 5.26 Å². The summed E-state index contributed by atoms with van der Waals surface area (Å²) in [5.74, 6) is 1.63. The van der Waals surface area contributed by atoms with Crippen LogP contribution in [0.5, 0.6) is 0 Å². The maximum atomic E-state index is 11.3. The van der Waals surface area contributed by atoms with Gasteiger partial charge >= 0.3 is 0 Å². The highest BCUT2D eigenvalue weighted by Gasteiger charge is 2.25.